The van der Waals surface area contributed by atoms with Crippen LogP contribution in [0.15, 0.2) is 67.1 Å². The molecule has 2 heterocycles. The van der Waals surface area contributed by atoms with E-state index in [1.807, 2.05) is 55.5 Å². The van der Waals surface area contributed by atoms with Gasteiger partial charge in [-0.05, 0) is 67.4 Å². The molecular formula is C26H23N5O3. The molecule has 4 rings (SSSR count). The molecule has 34 heavy (non-hydrogen) atoms. The van der Waals surface area contributed by atoms with Crippen LogP contribution < -0.4 is 15.0 Å². The summed E-state index contributed by atoms with van der Waals surface area (Å²) in [6, 6.07) is 16.7. The molecule has 2 aromatic heterocycles. The molecule has 1 amide bonds. The topological polar surface area (TPSA) is 100 Å². The number of anilines is 3. The third-order valence-electron chi connectivity index (χ3n) is 4.98. The second-order valence-electron chi connectivity index (χ2n) is 7.45. The summed E-state index contributed by atoms with van der Waals surface area (Å²) in [4.78, 5) is 26.7. The minimum atomic E-state index is -0.362. The fourth-order valence-corrected chi connectivity index (χ4v) is 3.14. The van der Waals surface area contributed by atoms with Crippen LogP contribution in [0.25, 0.3) is 10.9 Å². The molecule has 0 bridgehead atoms. The van der Waals surface area contributed by atoms with Crippen molar-refractivity contribution in [3.8, 4) is 23.3 Å². The number of aliphatic hydroxyl groups excluding tert-OH is 1. The number of hydrogen-bond acceptors (Lipinski definition) is 7. The lowest BCUT2D eigenvalue weighted by atomic mass is 10.2. The lowest BCUT2D eigenvalue weighted by Gasteiger charge is -2.16. The Morgan fingerprint density at radius 3 is 2.59 bits per heavy atom. The number of amides is 1. The van der Waals surface area contributed by atoms with Crippen LogP contribution in [0.4, 0.5) is 17.2 Å². The van der Waals surface area contributed by atoms with Crippen molar-refractivity contribution >= 4 is 34.0 Å². The normalized spacial score (nSPS) is 10.3. The maximum Gasteiger partial charge on any atom is 0.302 e. The van der Waals surface area contributed by atoms with E-state index in [1.165, 1.54) is 11.2 Å². The van der Waals surface area contributed by atoms with Gasteiger partial charge in [0.05, 0.1) is 18.3 Å². The molecule has 4 aromatic rings. The first-order valence-corrected chi connectivity index (χ1v) is 10.6. The van der Waals surface area contributed by atoms with Gasteiger partial charge in [-0.15, -0.1) is 0 Å². The van der Waals surface area contributed by atoms with Crippen molar-refractivity contribution < 1.29 is 14.6 Å². The Balaban J connectivity index is 1.53. The van der Waals surface area contributed by atoms with Crippen LogP contribution in [0.2, 0.25) is 0 Å². The number of fused-ring (bicyclic) bond motifs is 1. The largest absolute Gasteiger partial charge is 0.456 e. The van der Waals surface area contributed by atoms with E-state index in [0.717, 1.165) is 22.3 Å². The van der Waals surface area contributed by atoms with Gasteiger partial charge in [-0.2, -0.15) is 0 Å². The van der Waals surface area contributed by atoms with Crippen molar-refractivity contribution in [2.75, 3.05) is 23.9 Å². The Morgan fingerprint density at radius 2 is 1.85 bits per heavy atom. The van der Waals surface area contributed by atoms with Gasteiger partial charge in [0.1, 0.15) is 23.6 Å². The summed E-state index contributed by atoms with van der Waals surface area (Å²) in [5.41, 5.74) is 3.14. The smallest absolute Gasteiger partial charge is 0.302 e. The minimum Gasteiger partial charge on any atom is -0.456 e. The Kier molecular flexibility index (Phi) is 6.96. The number of benzene rings is 2. The SMILES string of the molecule is Cc1ccc(Oc2ccc(Nc3ncnc4ccc(N(C)C(=O)C#CCCO)cc34)cc2)cn1. The van der Waals surface area contributed by atoms with Gasteiger partial charge in [-0.3, -0.25) is 9.78 Å². The fourth-order valence-electron chi connectivity index (χ4n) is 3.14. The van der Waals surface area contributed by atoms with E-state index >= 15 is 0 Å². The number of aliphatic hydroxyl groups is 1. The second-order valence-corrected chi connectivity index (χ2v) is 7.45. The zero-order valence-corrected chi connectivity index (χ0v) is 18.8. The third kappa shape index (κ3) is 5.46. The van der Waals surface area contributed by atoms with E-state index in [0.29, 0.717) is 23.0 Å². The summed E-state index contributed by atoms with van der Waals surface area (Å²) in [6.45, 7) is 1.84. The molecule has 0 aliphatic carbocycles. The van der Waals surface area contributed by atoms with Gasteiger partial charge in [0, 0.05) is 35.9 Å². The summed E-state index contributed by atoms with van der Waals surface area (Å²) in [5, 5.41) is 12.9. The molecule has 8 nitrogen and oxygen atoms in total. The number of aryl methyl sites for hydroxylation is 1. The summed E-state index contributed by atoms with van der Waals surface area (Å²) in [7, 11) is 1.65. The molecule has 0 radical (unpaired) electrons. The van der Waals surface area contributed by atoms with Gasteiger partial charge in [0.15, 0.2) is 0 Å². The Bertz CT molecular complexity index is 1360. The average Bonchev–Trinajstić information content (AvgIpc) is 2.86. The molecule has 0 unspecified atom stereocenters. The van der Waals surface area contributed by atoms with Gasteiger partial charge in [-0.25, -0.2) is 9.97 Å². The molecule has 0 saturated carbocycles. The monoisotopic (exact) mass is 453 g/mol. The van der Waals surface area contributed by atoms with E-state index in [1.54, 1.807) is 19.3 Å². The summed E-state index contributed by atoms with van der Waals surface area (Å²) in [5.74, 6) is 6.77. The number of aromatic nitrogens is 3. The summed E-state index contributed by atoms with van der Waals surface area (Å²) >= 11 is 0. The van der Waals surface area contributed by atoms with Crippen LogP contribution in [-0.4, -0.2) is 39.6 Å². The predicted octanol–water partition coefficient (Wildman–Crippen LogP) is 4.22. The minimum absolute atomic E-state index is 0.0808. The van der Waals surface area contributed by atoms with Crippen LogP contribution in [0, 0.1) is 18.8 Å². The maximum atomic E-state index is 12.3. The first kappa shape index (κ1) is 22.7. The number of rotatable bonds is 6. The molecule has 0 spiro atoms. The number of nitrogens with one attached hydrogen (secondary N) is 1. The lowest BCUT2D eigenvalue weighted by molar-refractivity contribution is -0.113. The average molecular weight is 454 g/mol. The van der Waals surface area contributed by atoms with Crippen LogP contribution >= 0.6 is 0 Å². The highest BCUT2D eigenvalue weighted by Gasteiger charge is 2.12. The standard InChI is InChI=1S/C26H23N5O3/c1-18-6-10-22(16-27-18)34-21-11-7-19(8-12-21)30-26-23-15-20(9-13-24(23)28-17-29-26)31(2)25(33)5-3-4-14-32/h6-13,15-17,32H,4,14H2,1-2H3,(H,28,29,30). The zero-order chi connectivity index (χ0) is 23.9. The summed E-state index contributed by atoms with van der Waals surface area (Å²) < 4.78 is 5.83. The fraction of sp³-hybridized carbons (Fsp3) is 0.154. The van der Waals surface area contributed by atoms with Crippen LogP contribution in [0.1, 0.15) is 12.1 Å². The van der Waals surface area contributed by atoms with Crippen molar-refractivity contribution in [3.63, 3.8) is 0 Å². The van der Waals surface area contributed by atoms with Gasteiger partial charge in [0.2, 0.25) is 0 Å². The number of pyridine rings is 1. The Morgan fingerprint density at radius 1 is 1.06 bits per heavy atom. The van der Waals surface area contributed by atoms with Gasteiger partial charge >= 0.3 is 5.91 Å². The lowest BCUT2D eigenvalue weighted by Crippen LogP contribution is -2.24. The van der Waals surface area contributed by atoms with Crippen LogP contribution in [0.5, 0.6) is 11.5 Å². The van der Waals surface area contributed by atoms with E-state index in [2.05, 4.69) is 32.1 Å². The molecule has 0 aliphatic heterocycles. The zero-order valence-electron chi connectivity index (χ0n) is 18.8. The number of carbonyl (C=O) groups is 1. The van der Waals surface area contributed by atoms with E-state index < -0.39 is 0 Å². The van der Waals surface area contributed by atoms with E-state index in [4.69, 9.17) is 9.84 Å². The highest BCUT2D eigenvalue weighted by atomic mass is 16.5. The number of carbonyl (C=O) groups excluding carboxylic acids is 1. The predicted molar refractivity (Wildman–Crippen MR) is 131 cm³/mol. The van der Waals surface area contributed by atoms with Gasteiger partial charge in [-0.1, -0.05) is 5.92 Å². The maximum absolute atomic E-state index is 12.3. The van der Waals surface area contributed by atoms with Crippen molar-refractivity contribution in [2.45, 2.75) is 13.3 Å². The van der Waals surface area contributed by atoms with E-state index in [9.17, 15) is 4.79 Å². The molecule has 2 aromatic carbocycles. The van der Waals surface area contributed by atoms with Gasteiger partial charge in [0.25, 0.3) is 0 Å². The molecule has 0 aliphatic rings. The molecule has 2 N–H and O–H groups in total. The molecule has 170 valence electrons. The van der Waals surface area contributed by atoms with Crippen molar-refractivity contribution in [1.29, 1.82) is 0 Å². The van der Waals surface area contributed by atoms with Crippen LogP contribution in [0.3, 0.4) is 0 Å². The highest BCUT2D eigenvalue weighted by molar-refractivity contribution is 6.06. The summed E-state index contributed by atoms with van der Waals surface area (Å²) in [6.07, 6.45) is 3.43. The van der Waals surface area contributed by atoms with Crippen molar-refractivity contribution in [1.82, 2.24) is 15.0 Å². The van der Waals surface area contributed by atoms with Gasteiger partial charge < -0.3 is 20.1 Å². The Labute approximate surface area is 197 Å². The molecule has 8 heteroatoms. The Hall–Kier alpha value is -4.48. The quantitative estimate of drug-likeness (QED) is 0.422. The molecule has 0 saturated heterocycles. The third-order valence-corrected chi connectivity index (χ3v) is 4.98. The number of ether oxygens (including phenoxy) is 1. The molecule has 0 atom stereocenters. The van der Waals surface area contributed by atoms with Crippen LogP contribution in [-0.2, 0) is 4.79 Å². The van der Waals surface area contributed by atoms with E-state index in [-0.39, 0.29) is 18.9 Å². The number of hydrogen-bond donors (Lipinski definition) is 2. The highest BCUT2D eigenvalue weighted by Crippen LogP contribution is 2.28. The second kappa shape index (κ2) is 10.4. The first-order valence-electron chi connectivity index (χ1n) is 10.6. The molecular weight excluding hydrogens is 430 g/mol. The van der Waals surface area contributed by atoms with Crippen molar-refractivity contribution in [3.05, 3.63) is 72.8 Å². The van der Waals surface area contributed by atoms with Crippen molar-refractivity contribution in [2.24, 2.45) is 0 Å². The number of nitrogens with zero attached hydrogens (tertiary/aromatic N) is 4. The first-order chi connectivity index (χ1) is 16.5. The molecule has 0 fully saturated rings.